The van der Waals surface area contributed by atoms with E-state index in [9.17, 15) is 24.6 Å². The van der Waals surface area contributed by atoms with Gasteiger partial charge in [-0.2, -0.15) is 0 Å². The average Bonchev–Trinajstić information content (AvgIpc) is 2.90. The van der Waals surface area contributed by atoms with Crippen molar-refractivity contribution in [2.75, 3.05) is 20.8 Å². The van der Waals surface area contributed by atoms with Crippen LogP contribution in [0.4, 0.5) is 0 Å². The summed E-state index contributed by atoms with van der Waals surface area (Å²) in [7, 11) is 2.58. The molecule has 1 heterocycles. The third-order valence-corrected chi connectivity index (χ3v) is 5.94. The predicted octanol–water partition coefficient (Wildman–Crippen LogP) is 4.04. The molecular formula is C28H24O10. The number of rotatable bonds is 9. The highest BCUT2D eigenvalue weighted by atomic mass is 16.5. The number of phenolic OH excluding ortho intramolecular Hbond substituents is 2. The van der Waals surface area contributed by atoms with Crippen LogP contribution in [0.25, 0.3) is 22.3 Å². The SMILES string of the molecule is COC(=O)CC(c1ccc(OCC(=O)O)c(OC)c1)c1c(O)cc(O)c2c(=O)cc(-c3ccccc3)oc12. The standard InChI is InChI=1S/C28H24O10/c1-35-23-10-16(8-9-21(23)37-14-24(32)33)17(11-25(34)36-2)26-18(29)12-19(30)27-20(31)13-22(38-28(26)27)15-6-4-3-5-7-15/h3-10,12-13,17,29-30H,11,14H2,1-2H3,(H,32,33). The van der Waals surface area contributed by atoms with E-state index in [4.69, 9.17) is 23.7 Å². The zero-order chi connectivity index (χ0) is 27.4. The van der Waals surface area contributed by atoms with Gasteiger partial charge in [0.1, 0.15) is 28.2 Å². The van der Waals surface area contributed by atoms with Crippen molar-refractivity contribution in [1.29, 1.82) is 0 Å². The van der Waals surface area contributed by atoms with E-state index in [0.29, 0.717) is 11.1 Å². The monoisotopic (exact) mass is 520 g/mol. The van der Waals surface area contributed by atoms with Gasteiger partial charge in [-0.25, -0.2) is 4.79 Å². The maximum Gasteiger partial charge on any atom is 0.341 e. The van der Waals surface area contributed by atoms with Gasteiger partial charge in [-0.3, -0.25) is 9.59 Å². The van der Waals surface area contributed by atoms with Gasteiger partial charge in [0.15, 0.2) is 23.5 Å². The molecule has 0 radical (unpaired) electrons. The fourth-order valence-electron chi connectivity index (χ4n) is 4.20. The highest BCUT2D eigenvalue weighted by Gasteiger charge is 2.29. The molecule has 196 valence electrons. The summed E-state index contributed by atoms with van der Waals surface area (Å²) >= 11 is 0. The van der Waals surface area contributed by atoms with Gasteiger partial charge < -0.3 is 33.9 Å². The van der Waals surface area contributed by atoms with Crippen molar-refractivity contribution < 1.29 is 43.5 Å². The van der Waals surface area contributed by atoms with Crippen LogP contribution in [0, 0.1) is 0 Å². The minimum absolute atomic E-state index is 0.0688. The summed E-state index contributed by atoms with van der Waals surface area (Å²) in [4.78, 5) is 36.5. The Morgan fingerprint density at radius 1 is 0.947 bits per heavy atom. The Labute approximate surface area is 216 Å². The number of carboxylic acid groups (broad SMARTS) is 1. The van der Waals surface area contributed by atoms with Gasteiger partial charge in [0.2, 0.25) is 0 Å². The van der Waals surface area contributed by atoms with Crippen LogP contribution < -0.4 is 14.9 Å². The molecule has 0 aliphatic carbocycles. The molecule has 10 heteroatoms. The van der Waals surface area contributed by atoms with Gasteiger partial charge in [-0.15, -0.1) is 0 Å². The van der Waals surface area contributed by atoms with Crippen LogP contribution in [0.2, 0.25) is 0 Å². The molecule has 0 aliphatic heterocycles. The fraction of sp³-hybridized carbons (Fsp3) is 0.179. The topological polar surface area (TPSA) is 153 Å². The molecule has 0 fully saturated rings. The number of hydrogen-bond acceptors (Lipinski definition) is 9. The summed E-state index contributed by atoms with van der Waals surface area (Å²) in [6.07, 6.45) is -0.276. The van der Waals surface area contributed by atoms with E-state index < -0.39 is 41.4 Å². The number of hydrogen-bond donors (Lipinski definition) is 3. The number of ether oxygens (including phenoxy) is 3. The number of methoxy groups -OCH3 is 2. The lowest BCUT2D eigenvalue weighted by Gasteiger charge is -2.21. The summed E-state index contributed by atoms with van der Waals surface area (Å²) < 4.78 is 21.6. The van der Waals surface area contributed by atoms with Crippen molar-refractivity contribution in [3.63, 3.8) is 0 Å². The first-order valence-corrected chi connectivity index (χ1v) is 11.4. The van der Waals surface area contributed by atoms with Gasteiger partial charge in [-0.05, 0) is 17.7 Å². The third kappa shape index (κ3) is 5.24. The lowest BCUT2D eigenvalue weighted by atomic mass is 9.86. The first kappa shape index (κ1) is 26.1. The third-order valence-electron chi connectivity index (χ3n) is 5.94. The second-order valence-corrected chi connectivity index (χ2v) is 8.30. The van der Waals surface area contributed by atoms with Crippen molar-refractivity contribution >= 4 is 22.9 Å². The predicted molar refractivity (Wildman–Crippen MR) is 136 cm³/mol. The molecule has 38 heavy (non-hydrogen) atoms. The number of carbonyl (C=O) groups is 2. The number of aromatic hydroxyl groups is 2. The van der Waals surface area contributed by atoms with Crippen LogP contribution in [-0.4, -0.2) is 48.1 Å². The average molecular weight is 520 g/mol. The van der Waals surface area contributed by atoms with Crippen LogP contribution in [0.1, 0.15) is 23.5 Å². The molecule has 4 rings (SSSR count). The molecule has 3 N–H and O–H groups in total. The Bertz CT molecular complexity index is 1560. The fourth-order valence-corrected chi connectivity index (χ4v) is 4.20. The summed E-state index contributed by atoms with van der Waals surface area (Å²) in [5.74, 6) is -3.11. The second kappa shape index (κ2) is 11.0. The van der Waals surface area contributed by atoms with Crippen LogP contribution in [-0.2, 0) is 14.3 Å². The van der Waals surface area contributed by atoms with Gasteiger partial charge in [0, 0.05) is 29.2 Å². The minimum atomic E-state index is -1.18. The highest BCUT2D eigenvalue weighted by molar-refractivity contribution is 5.90. The molecule has 0 bridgehead atoms. The molecular weight excluding hydrogens is 496 g/mol. The number of carbonyl (C=O) groups excluding carboxylic acids is 1. The maximum atomic E-state index is 13.1. The molecule has 1 unspecified atom stereocenters. The Morgan fingerprint density at radius 2 is 1.68 bits per heavy atom. The lowest BCUT2D eigenvalue weighted by Crippen LogP contribution is -2.13. The number of phenols is 2. The molecule has 4 aromatic rings. The number of carboxylic acids is 1. The molecule has 0 saturated heterocycles. The summed E-state index contributed by atoms with van der Waals surface area (Å²) in [6.45, 7) is -0.599. The smallest absolute Gasteiger partial charge is 0.341 e. The lowest BCUT2D eigenvalue weighted by molar-refractivity contribution is -0.141. The van der Waals surface area contributed by atoms with Crippen molar-refractivity contribution in [2.45, 2.75) is 12.3 Å². The van der Waals surface area contributed by atoms with E-state index in [2.05, 4.69) is 0 Å². The van der Waals surface area contributed by atoms with E-state index in [1.165, 1.54) is 32.4 Å². The van der Waals surface area contributed by atoms with E-state index in [0.717, 1.165) is 6.07 Å². The molecule has 1 aromatic heterocycles. The zero-order valence-electron chi connectivity index (χ0n) is 20.5. The summed E-state index contributed by atoms with van der Waals surface area (Å²) in [6, 6.07) is 15.6. The Hall–Kier alpha value is -4.99. The van der Waals surface area contributed by atoms with E-state index >= 15 is 0 Å². The Morgan fingerprint density at radius 3 is 2.34 bits per heavy atom. The van der Waals surface area contributed by atoms with Crippen LogP contribution in [0.15, 0.2) is 69.9 Å². The normalized spacial score (nSPS) is 11.6. The molecule has 10 nitrogen and oxygen atoms in total. The molecule has 0 spiro atoms. The molecule has 1 atom stereocenters. The van der Waals surface area contributed by atoms with Crippen molar-refractivity contribution in [1.82, 2.24) is 0 Å². The Kier molecular flexibility index (Phi) is 7.52. The Balaban J connectivity index is 1.97. The largest absolute Gasteiger partial charge is 0.507 e. The zero-order valence-corrected chi connectivity index (χ0v) is 20.5. The quantitative estimate of drug-likeness (QED) is 0.276. The first-order chi connectivity index (χ1) is 18.2. The number of aliphatic carboxylic acids is 1. The van der Waals surface area contributed by atoms with Gasteiger partial charge in [0.05, 0.1) is 20.6 Å². The highest BCUT2D eigenvalue weighted by Crippen LogP contribution is 2.44. The molecule has 3 aromatic carbocycles. The van der Waals surface area contributed by atoms with Crippen LogP contribution in [0.3, 0.4) is 0 Å². The molecule has 0 saturated carbocycles. The van der Waals surface area contributed by atoms with Crippen LogP contribution in [0.5, 0.6) is 23.0 Å². The van der Waals surface area contributed by atoms with E-state index in [1.807, 2.05) is 0 Å². The molecule has 0 amide bonds. The van der Waals surface area contributed by atoms with Crippen molar-refractivity contribution in [3.8, 4) is 34.3 Å². The van der Waals surface area contributed by atoms with E-state index in [1.54, 1.807) is 36.4 Å². The van der Waals surface area contributed by atoms with Crippen molar-refractivity contribution in [2.24, 2.45) is 0 Å². The van der Waals surface area contributed by atoms with Gasteiger partial charge in [0.25, 0.3) is 0 Å². The number of fused-ring (bicyclic) bond motifs is 1. The van der Waals surface area contributed by atoms with Crippen molar-refractivity contribution in [3.05, 3.63) is 82.0 Å². The second-order valence-electron chi connectivity index (χ2n) is 8.30. The number of esters is 1. The van der Waals surface area contributed by atoms with Gasteiger partial charge >= 0.3 is 11.9 Å². The van der Waals surface area contributed by atoms with E-state index in [-0.39, 0.29) is 40.2 Å². The maximum absolute atomic E-state index is 13.1. The van der Waals surface area contributed by atoms with Crippen LogP contribution >= 0.6 is 0 Å². The summed E-state index contributed by atoms with van der Waals surface area (Å²) in [5.41, 5.74) is 0.444. The first-order valence-electron chi connectivity index (χ1n) is 11.4. The number of benzene rings is 3. The molecule has 0 aliphatic rings. The van der Waals surface area contributed by atoms with Gasteiger partial charge in [-0.1, -0.05) is 36.4 Å². The minimum Gasteiger partial charge on any atom is -0.507 e. The summed E-state index contributed by atoms with van der Waals surface area (Å²) in [5, 5.41) is 30.3.